The Balaban J connectivity index is 2.46. The number of halogens is 1. The minimum Gasteiger partial charge on any atom is -0.496 e. The third kappa shape index (κ3) is 2.55. The average molecular weight is 271 g/mol. The number of ether oxygens (including phenoxy) is 1. The van der Waals surface area contributed by atoms with Crippen LogP contribution in [0.4, 0.5) is 0 Å². The van der Waals surface area contributed by atoms with Crippen LogP contribution in [0.15, 0.2) is 23.6 Å². The fourth-order valence-electron chi connectivity index (χ4n) is 1.56. The molecule has 3 N–H and O–H groups in total. The molecule has 1 aromatic heterocycles. The highest BCUT2D eigenvalue weighted by atomic mass is 35.5. The Morgan fingerprint density at radius 1 is 1.53 bits per heavy atom. The Hall–Kier alpha value is -1.21. The second-order valence-corrected chi connectivity index (χ2v) is 4.36. The third-order valence-electron chi connectivity index (χ3n) is 2.34. The van der Waals surface area contributed by atoms with Crippen molar-refractivity contribution in [3.63, 3.8) is 0 Å². The summed E-state index contributed by atoms with van der Waals surface area (Å²) in [6.07, 6.45) is 0. The predicted molar refractivity (Wildman–Crippen MR) is 67.1 cm³/mol. The Kier molecular flexibility index (Phi) is 3.90. The highest BCUT2D eigenvalue weighted by Crippen LogP contribution is 2.31. The van der Waals surface area contributed by atoms with Gasteiger partial charge in [-0.3, -0.25) is 5.84 Å². The molecule has 1 unspecified atom stereocenters. The molecule has 1 aromatic carbocycles. The molecule has 17 heavy (non-hydrogen) atoms. The molecule has 0 bridgehead atoms. The lowest BCUT2D eigenvalue weighted by Crippen LogP contribution is -2.29. The number of hydrogen-bond donors (Lipinski definition) is 2. The Morgan fingerprint density at radius 2 is 2.35 bits per heavy atom. The summed E-state index contributed by atoms with van der Waals surface area (Å²) in [6, 6.07) is 5.06. The van der Waals surface area contributed by atoms with Crippen molar-refractivity contribution in [2.24, 2.45) is 5.84 Å². The van der Waals surface area contributed by atoms with Crippen molar-refractivity contribution in [1.82, 2.24) is 15.0 Å². The largest absolute Gasteiger partial charge is 0.496 e. The lowest BCUT2D eigenvalue weighted by atomic mass is 10.0. The minimum absolute atomic E-state index is 0.289. The van der Waals surface area contributed by atoms with Gasteiger partial charge in [0.2, 0.25) is 0 Å². The van der Waals surface area contributed by atoms with Gasteiger partial charge in [-0.15, -0.1) is 5.10 Å². The van der Waals surface area contributed by atoms with Gasteiger partial charge in [0.25, 0.3) is 0 Å². The molecule has 2 aromatic rings. The normalized spacial score (nSPS) is 12.4. The summed E-state index contributed by atoms with van der Waals surface area (Å²) in [7, 11) is 1.60. The third-order valence-corrected chi connectivity index (χ3v) is 3.10. The molecule has 7 heteroatoms. The molecule has 0 radical (unpaired) electrons. The molecule has 1 atom stereocenters. The Morgan fingerprint density at radius 3 is 2.94 bits per heavy atom. The molecule has 0 aliphatic carbocycles. The molecular weight excluding hydrogens is 260 g/mol. The summed E-state index contributed by atoms with van der Waals surface area (Å²) in [5.41, 5.74) is 4.25. The van der Waals surface area contributed by atoms with Gasteiger partial charge in [-0.1, -0.05) is 16.1 Å². The maximum atomic E-state index is 5.98. The molecule has 90 valence electrons. The van der Waals surface area contributed by atoms with Crippen molar-refractivity contribution < 1.29 is 4.74 Å². The van der Waals surface area contributed by atoms with E-state index >= 15 is 0 Å². The van der Waals surface area contributed by atoms with Crippen LogP contribution in [0.1, 0.15) is 17.3 Å². The Bertz CT molecular complexity index is 491. The number of nitrogens with zero attached hydrogens (tertiary/aromatic N) is 2. The van der Waals surface area contributed by atoms with Gasteiger partial charge in [-0.25, -0.2) is 5.43 Å². The summed E-state index contributed by atoms with van der Waals surface area (Å²) in [5, 5.41) is 6.44. The van der Waals surface area contributed by atoms with E-state index in [0.717, 1.165) is 11.3 Å². The number of rotatable bonds is 4. The first-order valence-corrected chi connectivity index (χ1v) is 6.04. The Labute approximate surface area is 108 Å². The molecule has 0 saturated heterocycles. The monoisotopic (exact) mass is 270 g/mol. The van der Waals surface area contributed by atoms with Crippen molar-refractivity contribution >= 4 is 23.1 Å². The van der Waals surface area contributed by atoms with Crippen LogP contribution < -0.4 is 16.0 Å². The zero-order valence-corrected chi connectivity index (χ0v) is 10.6. The van der Waals surface area contributed by atoms with Crippen LogP contribution >= 0.6 is 23.1 Å². The van der Waals surface area contributed by atoms with Crippen molar-refractivity contribution in [3.05, 3.63) is 39.9 Å². The van der Waals surface area contributed by atoms with Crippen molar-refractivity contribution in [1.29, 1.82) is 0 Å². The topological polar surface area (TPSA) is 73.1 Å². The summed E-state index contributed by atoms with van der Waals surface area (Å²) < 4.78 is 9.10. The number of nitrogens with two attached hydrogens (primary N) is 1. The van der Waals surface area contributed by atoms with Crippen LogP contribution in [0.5, 0.6) is 5.75 Å². The van der Waals surface area contributed by atoms with E-state index in [0.29, 0.717) is 10.8 Å². The van der Waals surface area contributed by atoms with Gasteiger partial charge >= 0.3 is 0 Å². The molecule has 1 heterocycles. The van der Waals surface area contributed by atoms with Crippen LogP contribution in [0, 0.1) is 0 Å². The lowest BCUT2D eigenvalue weighted by molar-refractivity contribution is 0.403. The van der Waals surface area contributed by atoms with Crippen molar-refractivity contribution in [2.75, 3.05) is 7.11 Å². The average Bonchev–Trinajstić information content (AvgIpc) is 2.84. The molecule has 0 aliphatic rings. The molecule has 0 spiro atoms. The summed E-state index contributed by atoms with van der Waals surface area (Å²) in [6.45, 7) is 0. The summed E-state index contributed by atoms with van der Waals surface area (Å²) >= 11 is 7.24. The van der Waals surface area contributed by atoms with E-state index in [1.807, 2.05) is 5.38 Å². The van der Waals surface area contributed by atoms with E-state index < -0.39 is 0 Å². The van der Waals surface area contributed by atoms with Crippen molar-refractivity contribution in [3.8, 4) is 5.75 Å². The quantitative estimate of drug-likeness (QED) is 0.654. The second kappa shape index (κ2) is 5.42. The van der Waals surface area contributed by atoms with Crippen LogP contribution in [0.25, 0.3) is 0 Å². The number of aromatic nitrogens is 2. The second-order valence-electron chi connectivity index (χ2n) is 3.32. The van der Waals surface area contributed by atoms with Crippen LogP contribution in [-0.4, -0.2) is 16.7 Å². The zero-order valence-electron chi connectivity index (χ0n) is 9.05. The van der Waals surface area contributed by atoms with E-state index in [1.165, 1.54) is 11.5 Å². The molecular formula is C10H11ClN4OS. The number of nitrogens with one attached hydrogen (secondary N) is 1. The van der Waals surface area contributed by atoms with Gasteiger partial charge in [0.1, 0.15) is 5.75 Å². The van der Waals surface area contributed by atoms with Crippen LogP contribution in [-0.2, 0) is 0 Å². The molecule has 0 saturated carbocycles. The molecule has 2 rings (SSSR count). The first-order valence-electron chi connectivity index (χ1n) is 4.82. The summed E-state index contributed by atoms with van der Waals surface area (Å²) in [4.78, 5) is 0. The molecule has 5 nitrogen and oxygen atoms in total. The standard InChI is InChI=1S/C10H11ClN4OS/c1-16-9-3-2-6(11)4-7(9)10(13-12)8-5-17-15-14-8/h2-5,10,13H,12H2,1H3. The van der Waals surface area contributed by atoms with Crippen LogP contribution in [0.2, 0.25) is 5.02 Å². The SMILES string of the molecule is COc1ccc(Cl)cc1C(NN)c1csnn1. The number of benzene rings is 1. The predicted octanol–water partition coefficient (Wildman–Crippen LogP) is 1.75. The van der Waals surface area contributed by atoms with Gasteiger partial charge in [0, 0.05) is 16.0 Å². The van der Waals surface area contributed by atoms with Gasteiger partial charge in [0.15, 0.2) is 0 Å². The molecule has 0 amide bonds. The number of methoxy groups -OCH3 is 1. The first-order chi connectivity index (χ1) is 8.26. The smallest absolute Gasteiger partial charge is 0.124 e. The fourth-order valence-corrected chi connectivity index (χ4v) is 2.22. The highest BCUT2D eigenvalue weighted by molar-refractivity contribution is 7.03. The van der Waals surface area contributed by atoms with E-state index in [4.69, 9.17) is 22.2 Å². The number of hydrogen-bond acceptors (Lipinski definition) is 6. The fraction of sp³-hybridized carbons (Fsp3) is 0.200. The van der Waals surface area contributed by atoms with Gasteiger partial charge in [0.05, 0.1) is 18.8 Å². The van der Waals surface area contributed by atoms with E-state index in [2.05, 4.69) is 15.0 Å². The van der Waals surface area contributed by atoms with Crippen LogP contribution in [0.3, 0.4) is 0 Å². The molecule has 0 fully saturated rings. The molecule has 0 aliphatic heterocycles. The van der Waals surface area contributed by atoms with Gasteiger partial charge in [-0.05, 0) is 29.7 Å². The number of hydrazine groups is 1. The maximum Gasteiger partial charge on any atom is 0.124 e. The van der Waals surface area contributed by atoms with E-state index in [1.54, 1.807) is 25.3 Å². The van der Waals surface area contributed by atoms with Gasteiger partial charge in [-0.2, -0.15) is 0 Å². The summed E-state index contributed by atoms with van der Waals surface area (Å²) in [5.74, 6) is 6.26. The van der Waals surface area contributed by atoms with Crippen molar-refractivity contribution in [2.45, 2.75) is 6.04 Å². The maximum absolute atomic E-state index is 5.98. The van der Waals surface area contributed by atoms with E-state index in [9.17, 15) is 0 Å². The minimum atomic E-state index is -0.289. The first kappa shape index (κ1) is 12.3. The highest BCUT2D eigenvalue weighted by Gasteiger charge is 2.19. The van der Waals surface area contributed by atoms with Gasteiger partial charge < -0.3 is 4.74 Å². The lowest BCUT2D eigenvalue weighted by Gasteiger charge is -2.17. The zero-order chi connectivity index (χ0) is 12.3. The van der Waals surface area contributed by atoms with E-state index in [-0.39, 0.29) is 6.04 Å².